The molecule has 0 saturated heterocycles. The lowest BCUT2D eigenvalue weighted by atomic mass is 10.3. The lowest BCUT2D eigenvalue weighted by Gasteiger charge is -2.09. The third-order valence-electron chi connectivity index (χ3n) is 1.94. The van der Waals surface area contributed by atoms with Crippen molar-refractivity contribution < 1.29 is 13.2 Å². The molecule has 0 saturated carbocycles. The fourth-order valence-electron chi connectivity index (χ4n) is 1.12. The largest absolute Gasteiger partial charge is 0.488 e. The molecule has 0 atom stereocenters. The molecular weight excluding hydrogens is 262 g/mol. The van der Waals surface area contributed by atoms with Crippen molar-refractivity contribution >= 4 is 21.6 Å². The summed E-state index contributed by atoms with van der Waals surface area (Å²) in [5.74, 6) is 0.203. The van der Waals surface area contributed by atoms with Crippen molar-refractivity contribution in [3.8, 4) is 5.75 Å². The van der Waals surface area contributed by atoms with Gasteiger partial charge in [0.1, 0.15) is 17.3 Å². The van der Waals surface area contributed by atoms with E-state index in [1.54, 1.807) is 6.07 Å². The van der Waals surface area contributed by atoms with Gasteiger partial charge in [0.2, 0.25) is 10.0 Å². The number of rotatable bonds is 4. The molecule has 0 fully saturated rings. The van der Waals surface area contributed by atoms with Gasteiger partial charge in [-0.25, -0.2) is 13.6 Å². The van der Waals surface area contributed by atoms with Gasteiger partial charge < -0.3 is 4.74 Å². The lowest BCUT2D eigenvalue weighted by molar-refractivity contribution is 0.352. The fourth-order valence-corrected chi connectivity index (χ4v) is 2.06. The number of nitrogens with two attached hydrogens (primary N) is 1. The van der Waals surface area contributed by atoms with Gasteiger partial charge in [-0.2, -0.15) is 0 Å². The minimum absolute atomic E-state index is 0.104. The average molecular weight is 276 g/mol. The first-order valence-corrected chi connectivity index (χ1v) is 6.81. The molecule has 2 N–H and O–H groups in total. The van der Waals surface area contributed by atoms with Crippen LogP contribution in [0.15, 0.2) is 34.7 Å². The van der Waals surface area contributed by atoms with Crippen molar-refractivity contribution in [2.75, 3.05) is 6.61 Å². The van der Waals surface area contributed by atoms with E-state index in [9.17, 15) is 8.42 Å². The van der Waals surface area contributed by atoms with E-state index in [4.69, 9.17) is 21.5 Å². The first-order chi connectivity index (χ1) is 7.80. The Balaban J connectivity index is 3.04. The smallest absolute Gasteiger partial charge is 0.241 e. The summed E-state index contributed by atoms with van der Waals surface area (Å²) in [6.45, 7) is 4.13. The van der Waals surface area contributed by atoms with E-state index in [-0.39, 0.29) is 17.3 Å². The van der Waals surface area contributed by atoms with E-state index in [0.29, 0.717) is 5.02 Å². The summed E-state index contributed by atoms with van der Waals surface area (Å²) in [4.78, 5) is -0.104. The number of hydrogen-bond acceptors (Lipinski definition) is 3. The molecule has 0 bridgehead atoms. The van der Waals surface area contributed by atoms with Gasteiger partial charge in [0.15, 0.2) is 0 Å². The van der Waals surface area contributed by atoms with Crippen molar-refractivity contribution in [2.45, 2.75) is 18.7 Å². The first-order valence-electron chi connectivity index (χ1n) is 4.89. The zero-order valence-electron chi connectivity index (χ0n) is 9.60. The Morgan fingerprint density at radius 3 is 2.65 bits per heavy atom. The summed E-state index contributed by atoms with van der Waals surface area (Å²) in [6.07, 6.45) is 1.83. The standard InChI is InChI=1S/C11H14ClNO3S/c1-8(2)5-6-16-10-4-3-9(12)7-11(10)17(13,14)15/h3-5,7H,6H2,1-2H3,(H2,13,14,15). The highest BCUT2D eigenvalue weighted by molar-refractivity contribution is 7.89. The van der Waals surface area contributed by atoms with Crippen LogP contribution in [0.4, 0.5) is 0 Å². The average Bonchev–Trinajstić information content (AvgIpc) is 2.18. The van der Waals surface area contributed by atoms with Crippen LogP contribution in [0.3, 0.4) is 0 Å². The van der Waals surface area contributed by atoms with Crippen LogP contribution in [0.1, 0.15) is 13.8 Å². The fraction of sp³-hybridized carbons (Fsp3) is 0.273. The van der Waals surface area contributed by atoms with E-state index in [2.05, 4.69) is 0 Å². The topological polar surface area (TPSA) is 69.4 Å². The first kappa shape index (κ1) is 14.0. The Bertz CT molecular complexity index is 534. The van der Waals surface area contributed by atoms with E-state index in [0.717, 1.165) is 5.57 Å². The molecule has 94 valence electrons. The molecule has 1 rings (SSSR count). The molecule has 0 unspecified atom stereocenters. The van der Waals surface area contributed by atoms with Crippen LogP contribution in [-0.2, 0) is 10.0 Å². The number of sulfonamides is 1. The second-order valence-corrected chi connectivity index (χ2v) is 5.69. The Kier molecular flexibility index (Phi) is 4.56. The molecule has 0 amide bonds. The maximum absolute atomic E-state index is 11.3. The minimum Gasteiger partial charge on any atom is -0.488 e. The minimum atomic E-state index is -3.84. The molecule has 0 radical (unpaired) electrons. The van der Waals surface area contributed by atoms with Crippen molar-refractivity contribution in [3.63, 3.8) is 0 Å². The van der Waals surface area contributed by atoms with Gasteiger partial charge in [0, 0.05) is 5.02 Å². The van der Waals surface area contributed by atoms with Gasteiger partial charge in [-0.05, 0) is 38.1 Å². The highest BCUT2D eigenvalue weighted by Gasteiger charge is 2.15. The van der Waals surface area contributed by atoms with E-state index >= 15 is 0 Å². The van der Waals surface area contributed by atoms with Crippen molar-refractivity contribution in [3.05, 3.63) is 34.9 Å². The summed E-state index contributed by atoms with van der Waals surface area (Å²) in [7, 11) is -3.84. The molecule has 0 aliphatic rings. The molecule has 0 spiro atoms. The van der Waals surface area contributed by atoms with Crippen LogP contribution in [0, 0.1) is 0 Å². The zero-order valence-corrected chi connectivity index (χ0v) is 11.2. The molecule has 1 aromatic rings. The van der Waals surface area contributed by atoms with Crippen LogP contribution in [0.25, 0.3) is 0 Å². The number of halogens is 1. The predicted molar refractivity (Wildman–Crippen MR) is 67.8 cm³/mol. The third kappa shape index (κ3) is 4.38. The molecular formula is C11H14ClNO3S. The maximum atomic E-state index is 11.3. The van der Waals surface area contributed by atoms with E-state index in [1.165, 1.54) is 12.1 Å². The summed E-state index contributed by atoms with van der Waals surface area (Å²) < 4.78 is 28.0. The van der Waals surface area contributed by atoms with Gasteiger partial charge in [-0.3, -0.25) is 0 Å². The number of benzene rings is 1. The van der Waals surface area contributed by atoms with Crippen LogP contribution < -0.4 is 9.88 Å². The van der Waals surface area contributed by atoms with Crippen LogP contribution in [-0.4, -0.2) is 15.0 Å². The molecule has 0 heterocycles. The van der Waals surface area contributed by atoms with Crippen LogP contribution in [0.5, 0.6) is 5.75 Å². The van der Waals surface area contributed by atoms with Crippen LogP contribution >= 0.6 is 11.6 Å². The Morgan fingerprint density at radius 1 is 1.47 bits per heavy atom. The highest BCUT2D eigenvalue weighted by Crippen LogP contribution is 2.26. The maximum Gasteiger partial charge on any atom is 0.241 e. The van der Waals surface area contributed by atoms with E-state index in [1.807, 2.05) is 19.9 Å². The lowest BCUT2D eigenvalue weighted by Crippen LogP contribution is -2.14. The van der Waals surface area contributed by atoms with Crippen molar-refractivity contribution in [2.24, 2.45) is 5.14 Å². The third-order valence-corrected chi connectivity index (χ3v) is 3.11. The molecule has 6 heteroatoms. The van der Waals surface area contributed by atoms with Gasteiger partial charge >= 0.3 is 0 Å². The Labute approximate surface area is 106 Å². The van der Waals surface area contributed by atoms with Gasteiger partial charge in [-0.1, -0.05) is 17.2 Å². The second-order valence-electron chi connectivity index (χ2n) is 3.73. The molecule has 0 aromatic heterocycles. The van der Waals surface area contributed by atoms with Gasteiger partial charge in [-0.15, -0.1) is 0 Å². The van der Waals surface area contributed by atoms with Crippen LogP contribution in [0.2, 0.25) is 5.02 Å². The molecule has 0 aliphatic heterocycles. The summed E-state index contributed by atoms with van der Waals surface area (Å²) in [6, 6.07) is 4.31. The number of allylic oxidation sites excluding steroid dienone is 1. The van der Waals surface area contributed by atoms with Crippen molar-refractivity contribution in [1.29, 1.82) is 0 Å². The molecule has 1 aromatic carbocycles. The monoisotopic (exact) mass is 275 g/mol. The van der Waals surface area contributed by atoms with Gasteiger partial charge in [0.25, 0.3) is 0 Å². The van der Waals surface area contributed by atoms with Crippen molar-refractivity contribution in [1.82, 2.24) is 0 Å². The Morgan fingerprint density at radius 2 is 2.12 bits per heavy atom. The normalized spacial score (nSPS) is 11.1. The number of ether oxygens (including phenoxy) is 1. The quantitative estimate of drug-likeness (QED) is 0.858. The predicted octanol–water partition coefficient (Wildman–Crippen LogP) is 2.33. The number of primary sulfonamides is 1. The zero-order chi connectivity index (χ0) is 13.1. The summed E-state index contributed by atoms with van der Waals surface area (Å²) >= 11 is 5.72. The summed E-state index contributed by atoms with van der Waals surface area (Å²) in [5, 5.41) is 5.37. The second kappa shape index (κ2) is 5.53. The molecule has 0 aliphatic carbocycles. The van der Waals surface area contributed by atoms with E-state index < -0.39 is 10.0 Å². The Hall–Kier alpha value is -1.04. The molecule has 4 nitrogen and oxygen atoms in total. The van der Waals surface area contributed by atoms with Gasteiger partial charge in [0.05, 0.1) is 0 Å². The highest BCUT2D eigenvalue weighted by atomic mass is 35.5. The molecule has 17 heavy (non-hydrogen) atoms. The SMILES string of the molecule is CC(C)=CCOc1ccc(Cl)cc1S(N)(=O)=O. The summed E-state index contributed by atoms with van der Waals surface area (Å²) in [5.41, 5.74) is 1.08. The number of hydrogen-bond donors (Lipinski definition) is 1.